The van der Waals surface area contributed by atoms with Crippen LogP contribution in [0.3, 0.4) is 0 Å². The van der Waals surface area contributed by atoms with E-state index in [0.717, 1.165) is 5.56 Å². The van der Waals surface area contributed by atoms with E-state index in [-0.39, 0.29) is 32.0 Å². The van der Waals surface area contributed by atoms with Crippen LogP contribution in [0.4, 0.5) is 0 Å². The molecule has 16 heteroatoms. The van der Waals surface area contributed by atoms with Crippen molar-refractivity contribution >= 4 is 64.1 Å². The number of amides is 4. The number of halogens is 2. The second kappa shape index (κ2) is 19.5. The van der Waals surface area contributed by atoms with Gasteiger partial charge in [0.15, 0.2) is 5.96 Å². The summed E-state index contributed by atoms with van der Waals surface area (Å²) >= 11 is 13.3. The van der Waals surface area contributed by atoms with Crippen LogP contribution in [0.1, 0.15) is 58.9 Å². The minimum atomic E-state index is -1.20. The smallest absolute Gasteiger partial charge is 0.261 e. The summed E-state index contributed by atoms with van der Waals surface area (Å²) in [6.07, 6.45) is 1.90. The first-order chi connectivity index (χ1) is 23.0. The summed E-state index contributed by atoms with van der Waals surface area (Å²) in [6, 6.07) is 11.7. The molecule has 258 valence electrons. The van der Waals surface area contributed by atoms with Gasteiger partial charge in [-0.25, -0.2) is 0 Å². The van der Waals surface area contributed by atoms with Gasteiger partial charge in [-0.05, 0) is 85.5 Å². The summed E-state index contributed by atoms with van der Waals surface area (Å²) in [5.74, 6) is -2.05. The minimum Gasteiger partial charge on any atom is -0.489 e. The standard InChI is InChI=1S/C32H40Cl2N8O5S/c33-22-13-8-19(17-23(22)34)18-47-21-11-9-20(10-12-21)27(28(36)43)42-30(45)24(5-1-2-14-35)40-29(44)25(6-3-15-39-32(37)38)41-31(46)26-7-4-16-48-26/h4,7-13,16-17,24-25,27H,1-3,5-6,14-15,18,35H2,(H2,36,43)(H,40,44)(H,41,46)(H,42,45)(H4,37,38,39)/t24-,25-,27+/m0/s1. The van der Waals surface area contributed by atoms with Crippen molar-refractivity contribution in [2.75, 3.05) is 13.1 Å². The molecule has 4 amide bonds. The zero-order valence-corrected chi connectivity index (χ0v) is 28.5. The summed E-state index contributed by atoms with van der Waals surface area (Å²) < 4.78 is 5.81. The minimum absolute atomic E-state index is 0.0928. The number of guanidine groups is 1. The number of benzene rings is 2. The fourth-order valence-corrected chi connectivity index (χ4v) is 5.51. The number of unbranched alkanes of at least 4 members (excludes halogenated alkanes) is 1. The van der Waals surface area contributed by atoms with E-state index in [0.29, 0.717) is 52.0 Å². The van der Waals surface area contributed by atoms with Crippen LogP contribution in [-0.2, 0) is 21.0 Å². The second-order valence-electron chi connectivity index (χ2n) is 10.7. The number of nitrogens with zero attached hydrogens (tertiary/aromatic N) is 1. The number of carbonyl (C=O) groups excluding carboxylic acids is 4. The molecule has 0 spiro atoms. The van der Waals surface area contributed by atoms with Gasteiger partial charge in [0.25, 0.3) is 5.91 Å². The Bertz CT molecular complexity index is 1550. The van der Waals surface area contributed by atoms with Gasteiger partial charge < -0.3 is 43.6 Å². The van der Waals surface area contributed by atoms with Crippen molar-refractivity contribution in [2.45, 2.75) is 56.8 Å². The van der Waals surface area contributed by atoms with E-state index < -0.39 is 41.8 Å². The zero-order valence-electron chi connectivity index (χ0n) is 26.1. The second-order valence-corrected chi connectivity index (χ2v) is 12.5. The molecular formula is C32H40Cl2N8O5S. The van der Waals surface area contributed by atoms with Gasteiger partial charge >= 0.3 is 0 Å². The van der Waals surface area contributed by atoms with E-state index in [9.17, 15) is 19.2 Å². The van der Waals surface area contributed by atoms with Crippen LogP contribution in [0.25, 0.3) is 0 Å². The van der Waals surface area contributed by atoms with E-state index in [1.807, 2.05) is 0 Å². The van der Waals surface area contributed by atoms with Gasteiger partial charge in [-0.3, -0.25) is 24.2 Å². The predicted octanol–water partition coefficient (Wildman–Crippen LogP) is 2.74. The Kier molecular flexibility index (Phi) is 15.4. The lowest BCUT2D eigenvalue weighted by Gasteiger charge is -2.25. The number of hydrogen-bond acceptors (Lipinski definition) is 8. The Morgan fingerprint density at radius 1 is 0.833 bits per heavy atom. The molecule has 0 saturated heterocycles. The lowest BCUT2D eigenvalue weighted by Crippen LogP contribution is -2.54. The number of hydrogen-bond donors (Lipinski definition) is 7. The van der Waals surface area contributed by atoms with Crippen LogP contribution in [0.5, 0.6) is 5.75 Å². The van der Waals surface area contributed by atoms with Crippen molar-refractivity contribution in [3.8, 4) is 5.75 Å². The van der Waals surface area contributed by atoms with Gasteiger partial charge in [0.2, 0.25) is 17.7 Å². The first-order valence-electron chi connectivity index (χ1n) is 15.1. The number of nitrogens with one attached hydrogen (secondary N) is 3. The van der Waals surface area contributed by atoms with Crippen molar-refractivity contribution in [1.29, 1.82) is 0 Å². The largest absolute Gasteiger partial charge is 0.489 e. The normalized spacial score (nSPS) is 12.6. The van der Waals surface area contributed by atoms with Gasteiger partial charge in [-0.1, -0.05) is 47.5 Å². The van der Waals surface area contributed by atoms with E-state index in [4.69, 9.17) is 50.9 Å². The Hall–Kier alpha value is -4.37. The summed E-state index contributed by atoms with van der Waals surface area (Å²) in [4.78, 5) is 56.8. The molecule has 2 aromatic carbocycles. The highest BCUT2D eigenvalue weighted by molar-refractivity contribution is 7.12. The number of ether oxygens (including phenoxy) is 1. The fraction of sp³-hybridized carbons (Fsp3) is 0.344. The highest BCUT2D eigenvalue weighted by atomic mass is 35.5. The number of aliphatic imine (C=N–C) groups is 1. The molecule has 0 unspecified atom stereocenters. The van der Waals surface area contributed by atoms with Gasteiger partial charge in [-0.2, -0.15) is 0 Å². The SMILES string of the molecule is NCCCC[C@H](NC(=O)[C@H](CCCN=C(N)N)NC(=O)c1cccs1)C(=O)N[C@@H](C(N)=O)c1ccc(OCc2ccc(Cl)c(Cl)c2)cc1. The number of rotatable bonds is 19. The first kappa shape index (κ1) is 38.1. The average Bonchev–Trinajstić information content (AvgIpc) is 3.60. The van der Waals surface area contributed by atoms with Crippen LogP contribution in [-0.4, -0.2) is 54.8 Å². The molecule has 3 rings (SSSR count). The van der Waals surface area contributed by atoms with Crippen molar-refractivity contribution < 1.29 is 23.9 Å². The third kappa shape index (κ3) is 12.3. The maximum Gasteiger partial charge on any atom is 0.261 e. The highest BCUT2D eigenvalue weighted by Gasteiger charge is 2.29. The van der Waals surface area contributed by atoms with Gasteiger partial charge in [0.05, 0.1) is 14.9 Å². The Morgan fingerprint density at radius 3 is 2.15 bits per heavy atom. The quantitative estimate of drug-likeness (QED) is 0.0552. The van der Waals surface area contributed by atoms with Crippen molar-refractivity contribution in [2.24, 2.45) is 27.9 Å². The molecule has 0 radical (unpaired) electrons. The monoisotopic (exact) mass is 718 g/mol. The van der Waals surface area contributed by atoms with Crippen LogP contribution in [0.2, 0.25) is 10.0 Å². The number of nitrogens with two attached hydrogens (primary N) is 4. The molecule has 0 aliphatic carbocycles. The van der Waals surface area contributed by atoms with Crippen molar-refractivity contribution in [3.05, 3.63) is 86.0 Å². The van der Waals surface area contributed by atoms with E-state index in [2.05, 4.69) is 20.9 Å². The first-order valence-corrected chi connectivity index (χ1v) is 16.8. The molecule has 48 heavy (non-hydrogen) atoms. The number of primary amides is 1. The van der Waals surface area contributed by atoms with E-state index in [1.54, 1.807) is 60.0 Å². The molecule has 1 aromatic heterocycles. The maximum absolute atomic E-state index is 13.6. The molecule has 1 heterocycles. The predicted molar refractivity (Wildman–Crippen MR) is 188 cm³/mol. The molecule has 3 aromatic rings. The van der Waals surface area contributed by atoms with Crippen molar-refractivity contribution in [1.82, 2.24) is 16.0 Å². The van der Waals surface area contributed by atoms with E-state index in [1.165, 1.54) is 11.3 Å². The third-order valence-electron chi connectivity index (χ3n) is 7.07. The molecule has 0 aliphatic rings. The Balaban J connectivity index is 1.72. The van der Waals surface area contributed by atoms with Gasteiger partial charge in [0.1, 0.15) is 30.5 Å². The Labute approximate surface area is 292 Å². The topological polar surface area (TPSA) is 230 Å². The zero-order chi connectivity index (χ0) is 35.1. The summed E-state index contributed by atoms with van der Waals surface area (Å²) in [6.45, 7) is 0.844. The van der Waals surface area contributed by atoms with Gasteiger partial charge in [0, 0.05) is 6.54 Å². The fourth-order valence-electron chi connectivity index (χ4n) is 4.56. The molecule has 0 fully saturated rings. The van der Waals surface area contributed by atoms with Crippen molar-refractivity contribution in [3.63, 3.8) is 0 Å². The van der Waals surface area contributed by atoms with Gasteiger partial charge in [-0.15, -0.1) is 11.3 Å². The van der Waals surface area contributed by atoms with E-state index >= 15 is 0 Å². The van der Waals surface area contributed by atoms with Crippen LogP contribution >= 0.6 is 34.5 Å². The molecule has 0 saturated carbocycles. The summed E-state index contributed by atoms with van der Waals surface area (Å²) in [5, 5.41) is 10.7. The van der Waals surface area contributed by atoms with Crippen LogP contribution in [0, 0.1) is 0 Å². The number of thiophene rings is 1. The lowest BCUT2D eigenvalue weighted by atomic mass is 10.0. The molecule has 0 aliphatic heterocycles. The summed E-state index contributed by atoms with van der Waals surface area (Å²) in [5.41, 5.74) is 23.4. The Morgan fingerprint density at radius 2 is 1.52 bits per heavy atom. The van der Waals surface area contributed by atoms with Crippen LogP contribution in [0.15, 0.2) is 65.0 Å². The summed E-state index contributed by atoms with van der Waals surface area (Å²) in [7, 11) is 0. The molecule has 3 atom stereocenters. The third-order valence-corrected chi connectivity index (χ3v) is 8.67. The average molecular weight is 720 g/mol. The number of carbonyl (C=O) groups is 4. The van der Waals surface area contributed by atoms with Crippen LogP contribution < -0.4 is 43.6 Å². The highest BCUT2D eigenvalue weighted by Crippen LogP contribution is 2.24. The molecule has 13 nitrogen and oxygen atoms in total. The molecule has 11 N–H and O–H groups in total. The molecular weight excluding hydrogens is 679 g/mol. The lowest BCUT2D eigenvalue weighted by molar-refractivity contribution is -0.132. The molecule has 0 bridgehead atoms. The maximum atomic E-state index is 13.6.